The first-order valence-electron chi connectivity index (χ1n) is 9.29. The summed E-state index contributed by atoms with van der Waals surface area (Å²) in [6, 6.07) is 7.92. The van der Waals surface area contributed by atoms with E-state index >= 15 is 0 Å². The summed E-state index contributed by atoms with van der Waals surface area (Å²) in [7, 11) is 1.60. The average Bonchev–Trinajstić information content (AvgIpc) is 3.08. The molecule has 3 aromatic rings. The van der Waals surface area contributed by atoms with Gasteiger partial charge in [-0.3, -0.25) is 9.78 Å². The Morgan fingerprint density at radius 1 is 1.28 bits per heavy atom. The SMILES string of the molecule is COCCOc1cnccc1-c1[nH]c2c(c1Nc1cccc(F)c1)C(=O)NCC2. The lowest BCUT2D eigenvalue weighted by Gasteiger charge is -2.15. The van der Waals surface area contributed by atoms with Crippen molar-refractivity contribution in [2.45, 2.75) is 6.42 Å². The number of carbonyl (C=O) groups excluding carboxylic acids is 1. The van der Waals surface area contributed by atoms with E-state index in [4.69, 9.17) is 9.47 Å². The van der Waals surface area contributed by atoms with Crippen LogP contribution in [0.1, 0.15) is 16.1 Å². The minimum absolute atomic E-state index is 0.177. The van der Waals surface area contributed by atoms with Crippen LogP contribution < -0.4 is 15.4 Å². The van der Waals surface area contributed by atoms with Crippen molar-refractivity contribution in [1.82, 2.24) is 15.3 Å². The highest BCUT2D eigenvalue weighted by atomic mass is 19.1. The molecule has 1 aliphatic rings. The number of aromatic amines is 1. The monoisotopic (exact) mass is 396 g/mol. The van der Waals surface area contributed by atoms with Gasteiger partial charge in [0, 0.05) is 43.2 Å². The summed E-state index contributed by atoms with van der Waals surface area (Å²) in [6.45, 7) is 1.36. The Bertz CT molecular complexity index is 1030. The van der Waals surface area contributed by atoms with Crippen LogP contribution in [0.15, 0.2) is 42.7 Å². The summed E-state index contributed by atoms with van der Waals surface area (Å²) in [5.41, 5.74) is 3.90. The van der Waals surface area contributed by atoms with E-state index < -0.39 is 0 Å². The molecule has 3 heterocycles. The molecule has 0 unspecified atom stereocenters. The van der Waals surface area contributed by atoms with E-state index in [9.17, 15) is 9.18 Å². The van der Waals surface area contributed by atoms with Gasteiger partial charge >= 0.3 is 0 Å². The van der Waals surface area contributed by atoms with Gasteiger partial charge in [-0.1, -0.05) is 6.07 Å². The van der Waals surface area contributed by atoms with E-state index in [0.717, 1.165) is 11.3 Å². The van der Waals surface area contributed by atoms with Crippen LogP contribution in [0, 0.1) is 5.82 Å². The first kappa shape index (κ1) is 18.9. The standard InChI is InChI=1S/C21H21FN4O3/c1-28-9-10-29-17-12-23-7-5-15(17)19-20(25-14-4-2-3-13(22)11-14)18-16(26-19)6-8-24-21(18)27/h2-5,7,11-12,25-26H,6,8-10H2,1H3,(H,24,27). The summed E-state index contributed by atoms with van der Waals surface area (Å²) in [6.07, 6.45) is 3.95. The predicted molar refractivity (Wildman–Crippen MR) is 107 cm³/mol. The van der Waals surface area contributed by atoms with Crippen LogP contribution >= 0.6 is 0 Å². The number of rotatable bonds is 7. The summed E-state index contributed by atoms with van der Waals surface area (Å²) in [5.74, 6) is 0.0207. The summed E-state index contributed by atoms with van der Waals surface area (Å²) < 4.78 is 24.6. The molecule has 0 bridgehead atoms. The normalized spacial score (nSPS) is 13.0. The Hall–Kier alpha value is -3.39. The van der Waals surface area contributed by atoms with Crippen molar-refractivity contribution in [2.24, 2.45) is 0 Å². The van der Waals surface area contributed by atoms with Gasteiger partial charge in [0.2, 0.25) is 0 Å². The van der Waals surface area contributed by atoms with Crippen LogP contribution in [0.2, 0.25) is 0 Å². The number of fused-ring (bicyclic) bond motifs is 1. The number of pyridine rings is 1. The molecule has 0 saturated heterocycles. The second kappa shape index (κ2) is 8.32. The molecule has 0 spiro atoms. The molecular weight excluding hydrogens is 375 g/mol. The van der Waals surface area contributed by atoms with Gasteiger partial charge in [0.25, 0.3) is 5.91 Å². The van der Waals surface area contributed by atoms with Crippen LogP contribution in [0.3, 0.4) is 0 Å². The number of anilines is 2. The van der Waals surface area contributed by atoms with E-state index in [2.05, 4.69) is 20.6 Å². The lowest BCUT2D eigenvalue weighted by Crippen LogP contribution is -2.31. The van der Waals surface area contributed by atoms with E-state index in [1.807, 2.05) is 6.07 Å². The Kier molecular flexibility index (Phi) is 5.44. The van der Waals surface area contributed by atoms with Gasteiger partial charge in [-0.25, -0.2) is 4.39 Å². The fraction of sp³-hybridized carbons (Fsp3) is 0.238. The second-order valence-electron chi connectivity index (χ2n) is 6.58. The number of nitrogens with zero attached hydrogens (tertiary/aromatic N) is 1. The van der Waals surface area contributed by atoms with Crippen molar-refractivity contribution in [3.63, 3.8) is 0 Å². The quantitative estimate of drug-likeness (QED) is 0.534. The molecule has 1 aliphatic heterocycles. The molecule has 0 saturated carbocycles. The summed E-state index contributed by atoms with van der Waals surface area (Å²) in [5, 5.41) is 6.08. The molecule has 1 aromatic carbocycles. The zero-order valence-electron chi connectivity index (χ0n) is 15.9. The van der Waals surface area contributed by atoms with Crippen molar-refractivity contribution in [1.29, 1.82) is 0 Å². The number of ether oxygens (including phenoxy) is 2. The molecule has 4 rings (SSSR count). The summed E-state index contributed by atoms with van der Waals surface area (Å²) in [4.78, 5) is 20.1. The lowest BCUT2D eigenvalue weighted by atomic mass is 10.0. The van der Waals surface area contributed by atoms with Gasteiger partial charge in [0.1, 0.15) is 18.2 Å². The molecule has 0 aliphatic carbocycles. The van der Waals surface area contributed by atoms with Crippen molar-refractivity contribution < 1.29 is 18.7 Å². The first-order chi connectivity index (χ1) is 14.2. The highest BCUT2D eigenvalue weighted by molar-refractivity contribution is 6.06. The Morgan fingerprint density at radius 3 is 3.00 bits per heavy atom. The number of hydrogen-bond donors (Lipinski definition) is 3. The Balaban J connectivity index is 1.81. The number of halogens is 1. The maximum absolute atomic E-state index is 13.7. The number of carbonyl (C=O) groups is 1. The molecule has 2 aromatic heterocycles. The van der Waals surface area contributed by atoms with E-state index in [-0.39, 0.29) is 11.7 Å². The maximum atomic E-state index is 13.7. The number of methoxy groups -OCH3 is 1. The molecular formula is C21H21FN4O3. The molecule has 1 amide bonds. The number of aromatic nitrogens is 2. The molecule has 29 heavy (non-hydrogen) atoms. The van der Waals surface area contributed by atoms with Crippen molar-refractivity contribution in [2.75, 3.05) is 32.2 Å². The second-order valence-corrected chi connectivity index (χ2v) is 6.58. The third-order valence-corrected chi connectivity index (χ3v) is 4.66. The van der Waals surface area contributed by atoms with E-state index in [1.54, 1.807) is 31.6 Å². The smallest absolute Gasteiger partial charge is 0.255 e. The number of nitrogens with one attached hydrogen (secondary N) is 3. The van der Waals surface area contributed by atoms with Gasteiger partial charge in [-0.15, -0.1) is 0 Å². The zero-order chi connectivity index (χ0) is 20.2. The number of amides is 1. The average molecular weight is 396 g/mol. The fourth-order valence-corrected chi connectivity index (χ4v) is 3.35. The molecule has 8 heteroatoms. The van der Waals surface area contributed by atoms with Crippen LogP contribution in [-0.2, 0) is 11.2 Å². The Labute approximate surface area is 167 Å². The molecule has 0 fully saturated rings. The highest BCUT2D eigenvalue weighted by Crippen LogP contribution is 2.40. The van der Waals surface area contributed by atoms with Crippen molar-refractivity contribution >= 4 is 17.3 Å². The van der Waals surface area contributed by atoms with Gasteiger partial charge in [0.05, 0.1) is 29.7 Å². The number of hydrogen-bond acceptors (Lipinski definition) is 5. The molecule has 3 N–H and O–H groups in total. The molecule has 0 radical (unpaired) electrons. The Morgan fingerprint density at radius 2 is 2.17 bits per heavy atom. The number of H-pyrrole nitrogens is 1. The number of benzene rings is 1. The summed E-state index contributed by atoms with van der Waals surface area (Å²) >= 11 is 0. The fourth-order valence-electron chi connectivity index (χ4n) is 3.35. The van der Waals surface area contributed by atoms with Crippen molar-refractivity contribution in [3.05, 3.63) is 59.8 Å². The third kappa shape index (κ3) is 3.93. The largest absolute Gasteiger partial charge is 0.489 e. The van der Waals surface area contributed by atoms with E-state index in [1.165, 1.54) is 12.1 Å². The van der Waals surface area contributed by atoms with Gasteiger partial charge in [-0.05, 0) is 24.3 Å². The third-order valence-electron chi connectivity index (χ3n) is 4.66. The highest BCUT2D eigenvalue weighted by Gasteiger charge is 2.28. The van der Waals surface area contributed by atoms with Crippen molar-refractivity contribution in [3.8, 4) is 17.0 Å². The van der Waals surface area contributed by atoms with Crippen LogP contribution in [0.25, 0.3) is 11.3 Å². The van der Waals surface area contributed by atoms with Gasteiger partial charge in [-0.2, -0.15) is 0 Å². The lowest BCUT2D eigenvalue weighted by molar-refractivity contribution is 0.0947. The van der Waals surface area contributed by atoms with Crippen LogP contribution in [0.5, 0.6) is 5.75 Å². The minimum Gasteiger partial charge on any atom is -0.489 e. The minimum atomic E-state index is -0.363. The molecule has 0 atom stereocenters. The molecule has 150 valence electrons. The topological polar surface area (TPSA) is 88.3 Å². The van der Waals surface area contributed by atoms with Crippen LogP contribution in [0.4, 0.5) is 15.8 Å². The maximum Gasteiger partial charge on any atom is 0.255 e. The predicted octanol–water partition coefficient (Wildman–Crippen LogP) is 3.27. The van der Waals surface area contributed by atoms with E-state index in [0.29, 0.717) is 54.6 Å². The zero-order valence-corrected chi connectivity index (χ0v) is 15.9. The molecule has 7 nitrogen and oxygen atoms in total. The van der Waals surface area contributed by atoms with Gasteiger partial charge in [0.15, 0.2) is 0 Å². The van der Waals surface area contributed by atoms with Gasteiger partial charge < -0.3 is 25.1 Å². The first-order valence-corrected chi connectivity index (χ1v) is 9.29. The van der Waals surface area contributed by atoms with Crippen LogP contribution in [-0.4, -0.2) is 42.7 Å².